The summed E-state index contributed by atoms with van der Waals surface area (Å²) in [5, 5.41) is 9.43. The van der Waals surface area contributed by atoms with Gasteiger partial charge in [0, 0.05) is 18.6 Å². The van der Waals surface area contributed by atoms with Gasteiger partial charge in [-0.25, -0.2) is 0 Å². The number of amides is 1. The van der Waals surface area contributed by atoms with E-state index in [1.54, 1.807) is 12.2 Å². The number of ether oxygens (including phenoxy) is 1. The maximum atomic E-state index is 13.1. The number of alkyl halides is 1. The second-order valence-corrected chi connectivity index (χ2v) is 10.6. The van der Waals surface area contributed by atoms with Crippen LogP contribution in [-0.4, -0.2) is 52.1 Å². The van der Waals surface area contributed by atoms with E-state index < -0.39 is 16.9 Å². The van der Waals surface area contributed by atoms with E-state index >= 15 is 0 Å². The molecule has 2 aromatic rings. The van der Waals surface area contributed by atoms with Crippen LogP contribution in [0.3, 0.4) is 0 Å². The first-order valence-corrected chi connectivity index (χ1v) is 12.7. The Morgan fingerprint density at radius 2 is 1.69 bits per heavy atom. The fourth-order valence-electron chi connectivity index (χ4n) is 5.25. The summed E-state index contributed by atoms with van der Waals surface area (Å²) in [6.07, 6.45) is 6.80. The molecule has 2 unspecified atom stereocenters. The highest BCUT2D eigenvalue weighted by Gasteiger charge is 2.43. The van der Waals surface area contributed by atoms with Gasteiger partial charge in [-0.3, -0.25) is 9.69 Å². The molecule has 1 fully saturated rings. The maximum absolute atomic E-state index is 13.1. The summed E-state index contributed by atoms with van der Waals surface area (Å²) < 4.78 is 6.18. The molecule has 35 heavy (non-hydrogen) atoms. The van der Waals surface area contributed by atoms with Gasteiger partial charge < -0.3 is 15.6 Å². The molecule has 186 valence electrons. The van der Waals surface area contributed by atoms with Crippen molar-refractivity contribution >= 4 is 17.5 Å². The summed E-state index contributed by atoms with van der Waals surface area (Å²) in [6, 6.07) is 19.7. The van der Waals surface area contributed by atoms with Crippen LogP contribution in [0.25, 0.3) is 0 Å². The summed E-state index contributed by atoms with van der Waals surface area (Å²) in [4.78, 5) is 15.6. The number of carbonyl (C=O) groups is 1. The number of likely N-dealkylation sites (tertiary alicyclic amines) is 1. The highest BCUT2D eigenvalue weighted by Crippen LogP contribution is 2.40. The Bertz CT molecular complexity index is 1030. The summed E-state index contributed by atoms with van der Waals surface area (Å²) >= 11 is 6.33. The van der Waals surface area contributed by atoms with Crippen molar-refractivity contribution in [1.82, 2.24) is 4.90 Å². The number of primary amides is 1. The monoisotopic (exact) mass is 494 g/mol. The molecule has 3 N–H and O–H groups in total. The quantitative estimate of drug-likeness (QED) is 0.502. The average Bonchev–Trinajstić information content (AvgIpc) is 3.33. The van der Waals surface area contributed by atoms with Gasteiger partial charge in [-0.1, -0.05) is 72.8 Å². The van der Waals surface area contributed by atoms with E-state index in [4.69, 9.17) is 22.1 Å². The highest BCUT2D eigenvalue weighted by molar-refractivity contribution is 6.22. The number of nitrogens with zero attached hydrogens (tertiary/aromatic N) is 1. The number of allylic oxidation sites excluding steroid dienone is 2. The number of hydrogen-bond acceptors (Lipinski definition) is 4. The topological polar surface area (TPSA) is 75.8 Å². The highest BCUT2D eigenvalue weighted by atomic mass is 35.5. The lowest BCUT2D eigenvalue weighted by Crippen LogP contribution is -2.47. The van der Waals surface area contributed by atoms with Crippen LogP contribution in [-0.2, 0) is 14.9 Å². The second-order valence-electron chi connectivity index (χ2n) is 10.1. The van der Waals surface area contributed by atoms with Crippen LogP contribution in [0.1, 0.15) is 44.2 Å². The van der Waals surface area contributed by atoms with Crippen LogP contribution in [0.4, 0.5) is 0 Å². The molecule has 0 spiro atoms. The van der Waals surface area contributed by atoms with Crippen LogP contribution >= 0.6 is 11.6 Å². The van der Waals surface area contributed by atoms with Gasteiger partial charge in [0.1, 0.15) is 17.2 Å². The van der Waals surface area contributed by atoms with Crippen LogP contribution in [0.5, 0.6) is 0 Å². The number of aliphatic hydroxyl groups excluding tert-OH is 1. The minimum absolute atomic E-state index is 0.00428. The first-order valence-electron chi connectivity index (χ1n) is 12.3. The van der Waals surface area contributed by atoms with E-state index in [2.05, 4.69) is 18.7 Å². The number of halogens is 1. The lowest BCUT2D eigenvalue weighted by molar-refractivity contribution is -0.122. The van der Waals surface area contributed by atoms with Crippen molar-refractivity contribution in [3.63, 3.8) is 0 Å². The van der Waals surface area contributed by atoms with Gasteiger partial charge in [0.05, 0.1) is 11.5 Å². The summed E-state index contributed by atoms with van der Waals surface area (Å²) in [6.45, 7) is 6.08. The molecule has 1 heterocycles. The molecule has 3 atom stereocenters. The number of hydrogen-bond donors (Lipinski definition) is 2. The third kappa shape index (κ3) is 5.32. The Balaban J connectivity index is 1.50. The van der Waals surface area contributed by atoms with Gasteiger partial charge in [0.15, 0.2) is 0 Å². The number of nitrogens with two attached hydrogens (primary N) is 1. The van der Waals surface area contributed by atoms with Gasteiger partial charge in [0.25, 0.3) is 0 Å². The first kappa shape index (κ1) is 25.5. The number of aliphatic hydroxyl groups is 1. The molecule has 2 aliphatic rings. The van der Waals surface area contributed by atoms with Crippen molar-refractivity contribution in [1.29, 1.82) is 0 Å². The maximum Gasteiger partial charge on any atom is 0.232 e. The Hall–Kier alpha value is -2.60. The third-order valence-corrected chi connectivity index (χ3v) is 7.98. The molecule has 4 rings (SSSR count). The Morgan fingerprint density at radius 3 is 2.26 bits per heavy atom. The van der Waals surface area contributed by atoms with Crippen molar-refractivity contribution in [3.05, 3.63) is 95.8 Å². The van der Waals surface area contributed by atoms with E-state index in [0.29, 0.717) is 12.2 Å². The Morgan fingerprint density at radius 1 is 1.09 bits per heavy atom. The average molecular weight is 495 g/mol. The van der Waals surface area contributed by atoms with E-state index in [1.165, 1.54) is 0 Å². The standard InChI is InChI=1S/C29H35ClN2O3/c1-28(2,32-19-16-23(20-32)35-25-15-9-14-24(33)26(25)30)17-18-29(27(31)34,21-10-5-3-6-11-21)22-12-7-4-8-13-22/h3-15,23-24,26,33H,16-20H2,1-2H3,(H2,31,34)/t23-,24?,26?/m0/s1. The van der Waals surface area contributed by atoms with E-state index in [9.17, 15) is 9.90 Å². The number of rotatable bonds is 9. The molecular formula is C29H35ClN2O3. The van der Waals surface area contributed by atoms with Crippen LogP contribution in [0, 0.1) is 0 Å². The Labute approximate surface area is 213 Å². The lowest BCUT2D eigenvalue weighted by atomic mass is 9.69. The molecule has 0 radical (unpaired) electrons. The van der Waals surface area contributed by atoms with Crippen molar-refractivity contribution in [2.24, 2.45) is 5.73 Å². The molecule has 6 heteroatoms. The van der Waals surface area contributed by atoms with Crippen molar-refractivity contribution in [3.8, 4) is 0 Å². The minimum atomic E-state index is -0.906. The summed E-state index contributed by atoms with van der Waals surface area (Å²) in [5.74, 6) is 0.282. The molecule has 5 nitrogen and oxygen atoms in total. The molecule has 1 saturated heterocycles. The van der Waals surface area contributed by atoms with Gasteiger partial charge in [-0.05, 0) is 50.3 Å². The SMILES string of the molecule is CC(C)(CCC(C(N)=O)(c1ccccc1)c1ccccc1)N1CC[C@H](OC2=CC=CC(O)C2Cl)C1. The fraction of sp³-hybridized carbons (Fsp3) is 0.414. The molecule has 2 aromatic carbocycles. The van der Waals surface area contributed by atoms with E-state index in [0.717, 1.165) is 37.1 Å². The van der Waals surface area contributed by atoms with Gasteiger partial charge in [0.2, 0.25) is 5.91 Å². The van der Waals surface area contributed by atoms with Gasteiger partial charge in [-0.15, -0.1) is 11.6 Å². The fourth-order valence-corrected chi connectivity index (χ4v) is 5.46. The minimum Gasteiger partial charge on any atom is -0.492 e. The van der Waals surface area contributed by atoms with E-state index in [-0.39, 0.29) is 17.6 Å². The predicted molar refractivity (Wildman–Crippen MR) is 140 cm³/mol. The van der Waals surface area contributed by atoms with Crippen molar-refractivity contribution in [2.75, 3.05) is 13.1 Å². The smallest absolute Gasteiger partial charge is 0.232 e. The zero-order chi connectivity index (χ0) is 25.1. The lowest BCUT2D eigenvalue weighted by Gasteiger charge is -2.40. The zero-order valence-electron chi connectivity index (χ0n) is 20.4. The second kappa shape index (κ2) is 10.6. The molecule has 0 bridgehead atoms. The normalized spacial score (nSPS) is 23.2. The third-order valence-electron chi connectivity index (χ3n) is 7.51. The zero-order valence-corrected chi connectivity index (χ0v) is 21.2. The molecule has 1 amide bonds. The van der Waals surface area contributed by atoms with Crippen LogP contribution < -0.4 is 5.73 Å². The molecular weight excluding hydrogens is 460 g/mol. The Kier molecular flexibility index (Phi) is 7.70. The van der Waals surface area contributed by atoms with Crippen molar-refractivity contribution < 1.29 is 14.6 Å². The molecule has 1 aliphatic carbocycles. The first-order chi connectivity index (χ1) is 16.7. The number of carbonyl (C=O) groups excluding carboxylic acids is 1. The van der Waals surface area contributed by atoms with Crippen molar-refractivity contribution in [2.45, 2.75) is 61.6 Å². The number of benzene rings is 2. The molecule has 0 aromatic heterocycles. The predicted octanol–water partition coefficient (Wildman–Crippen LogP) is 4.53. The van der Waals surface area contributed by atoms with E-state index in [1.807, 2.05) is 66.7 Å². The molecule has 0 saturated carbocycles. The summed E-state index contributed by atoms with van der Waals surface area (Å²) in [5.41, 5.74) is 6.90. The molecule has 1 aliphatic heterocycles. The summed E-state index contributed by atoms with van der Waals surface area (Å²) in [7, 11) is 0. The largest absolute Gasteiger partial charge is 0.492 e. The van der Waals surface area contributed by atoms with Gasteiger partial charge >= 0.3 is 0 Å². The van der Waals surface area contributed by atoms with Gasteiger partial charge in [-0.2, -0.15) is 0 Å². The van der Waals surface area contributed by atoms with Crippen LogP contribution in [0.15, 0.2) is 84.7 Å². The van der Waals surface area contributed by atoms with Crippen LogP contribution in [0.2, 0.25) is 0 Å².